The maximum absolute atomic E-state index is 12.4. The summed E-state index contributed by atoms with van der Waals surface area (Å²) in [4.78, 5) is 24.5. The Bertz CT molecular complexity index is 708. The zero-order valence-corrected chi connectivity index (χ0v) is 12.9. The van der Waals surface area contributed by atoms with Gasteiger partial charge in [0.25, 0.3) is 11.6 Å². The second-order valence-corrected chi connectivity index (χ2v) is 5.41. The third-order valence-corrected chi connectivity index (χ3v) is 3.54. The molecule has 2 aromatic rings. The van der Waals surface area contributed by atoms with E-state index in [0.29, 0.717) is 17.7 Å². The molecule has 0 atom stereocenters. The number of nitrogens with zero attached hydrogens (tertiary/aromatic N) is 2. The third-order valence-electron chi connectivity index (χ3n) is 3.54. The van der Waals surface area contributed by atoms with E-state index in [1.807, 2.05) is 31.2 Å². The number of nitro benzene ring substituents is 1. The molecule has 0 bridgehead atoms. The SMILES string of the molecule is Cc1ccc(CN(C)C(=O)c2ccc(C)c([N+](=O)[O-])c2)cc1. The van der Waals surface area contributed by atoms with Crippen LogP contribution in [-0.2, 0) is 6.54 Å². The van der Waals surface area contributed by atoms with Gasteiger partial charge in [0.2, 0.25) is 0 Å². The van der Waals surface area contributed by atoms with E-state index in [9.17, 15) is 14.9 Å². The van der Waals surface area contributed by atoms with Crippen LogP contribution in [0.15, 0.2) is 42.5 Å². The molecule has 22 heavy (non-hydrogen) atoms. The monoisotopic (exact) mass is 298 g/mol. The Morgan fingerprint density at radius 2 is 1.77 bits per heavy atom. The molecule has 5 nitrogen and oxygen atoms in total. The van der Waals surface area contributed by atoms with Gasteiger partial charge < -0.3 is 4.90 Å². The summed E-state index contributed by atoms with van der Waals surface area (Å²) < 4.78 is 0. The summed E-state index contributed by atoms with van der Waals surface area (Å²) in [6.45, 7) is 4.12. The molecule has 0 spiro atoms. The van der Waals surface area contributed by atoms with E-state index in [-0.39, 0.29) is 11.6 Å². The highest BCUT2D eigenvalue weighted by molar-refractivity contribution is 5.94. The van der Waals surface area contributed by atoms with Crippen molar-refractivity contribution in [2.75, 3.05) is 7.05 Å². The predicted molar refractivity (Wildman–Crippen MR) is 84.8 cm³/mol. The largest absolute Gasteiger partial charge is 0.337 e. The molecule has 0 unspecified atom stereocenters. The number of aryl methyl sites for hydroxylation is 2. The fraction of sp³-hybridized carbons (Fsp3) is 0.235. The first kappa shape index (κ1) is 15.7. The van der Waals surface area contributed by atoms with Gasteiger partial charge in [0.15, 0.2) is 0 Å². The molecule has 0 saturated heterocycles. The van der Waals surface area contributed by atoms with E-state index in [1.54, 1.807) is 31.0 Å². The Morgan fingerprint density at radius 1 is 1.14 bits per heavy atom. The van der Waals surface area contributed by atoms with Crippen molar-refractivity contribution in [3.05, 3.63) is 74.8 Å². The van der Waals surface area contributed by atoms with E-state index in [1.165, 1.54) is 6.07 Å². The van der Waals surface area contributed by atoms with E-state index in [4.69, 9.17) is 0 Å². The number of benzene rings is 2. The molecule has 0 aliphatic rings. The number of carbonyl (C=O) groups is 1. The lowest BCUT2D eigenvalue weighted by molar-refractivity contribution is -0.385. The van der Waals surface area contributed by atoms with Crippen molar-refractivity contribution in [3.63, 3.8) is 0 Å². The minimum atomic E-state index is -0.466. The van der Waals surface area contributed by atoms with Crippen LogP contribution in [-0.4, -0.2) is 22.8 Å². The van der Waals surface area contributed by atoms with Gasteiger partial charge in [-0.15, -0.1) is 0 Å². The summed E-state index contributed by atoms with van der Waals surface area (Å²) in [6.07, 6.45) is 0. The Kier molecular flexibility index (Phi) is 4.56. The van der Waals surface area contributed by atoms with Crippen molar-refractivity contribution in [3.8, 4) is 0 Å². The van der Waals surface area contributed by atoms with Crippen molar-refractivity contribution in [2.24, 2.45) is 0 Å². The van der Waals surface area contributed by atoms with Gasteiger partial charge in [-0.25, -0.2) is 0 Å². The molecule has 0 heterocycles. The normalized spacial score (nSPS) is 10.3. The molecule has 2 rings (SSSR count). The van der Waals surface area contributed by atoms with Crippen LogP contribution in [0.1, 0.15) is 27.0 Å². The highest BCUT2D eigenvalue weighted by Gasteiger charge is 2.17. The quantitative estimate of drug-likeness (QED) is 0.641. The average Bonchev–Trinajstić information content (AvgIpc) is 2.49. The summed E-state index contributed by atoms with van der Waals surface area (Å²) >= 11 is 0. The van der Waals surface area contributed by atoms with Crippen LogP contribution in [0, 0.1) is 24.0 Å². The molecule has 0 N–H and O–H groups in total. The molecule has 1 amide bonds. The second kappa shape index (κ2) is 6.39. The Balaban J connectivity index is 2.18. The fourth-order valence-corrected chi connectivity index (χ4v) is 2.20. The van der Waals surface area contributed by atoms with Crippen LogP contribution >= 0.6 is 0 Å². The van der Waals surface area contributed by atoms with Gasteiger partial charge in [0.05, 0.1) is 4.92 Å². The number of hydrogen-bond donors (Lipinski definition) is 0. The van der Waals surface area contributed by atoms with E-state index >= 15 is 0 Å². The first-order valence-electron chi connectivity index (χ1n) is 6.94. The molecule has 0 saturated carbocycles. The van der Waals surface area contributed by atoms with Gasteiger partial charge in [-0.2, -0.15) is 0 Å². The van der Waals surface area contributed by atoms with Gasteiger partial charge in [-0.3, -0.25) is 14.9 Å². The number of amides is 1. The van der Waals surface area contributed by atoms with E-state index in [0.717, 1.165) is 11.1 Å². The Hall–Kier alpha value is -2.69. The molecule has 0 aliphatic heterocycles. The zero-order chi connectivity index (χ0) is 16.3. The van der Waals surface area contributed by atoms with Crippen LogP contribution in [0.25, 0.3) is 0 Å². The van der Waals surface area contributed by atoms with Gasteiger partial charge in [-0.1, -0.05) is 35.9 Å². The minimum absolute atomic E-state index is 0.0328. The lowest BCUT2D eigenvalue weighted by Crippen LogP contribution is -2.26. The van der Waals surface area contributed by atoms with Crippen molar-refractivity contribution in [1.82, 2.24) is 4.90 Å². The van der Waals surface area contributed by atoms with Crippen LogP contribution in [0.4, 0.5) is 5.69 Å². The smallest absolute Gasteiger partial charge is 0.273 e. The molecular formula is C17H18N2O3. The maximum Gasteiger partial charge on any atom is 0.273 e. The highest BCUT2D eigenvalue weighted by atomic mass is 16.6. The van der Waals surface area contributed by atoms with E-state index in [2.05, 4.69) is 0 Å². The number of hydrogen-bond acceptors (Lipinski definition) is 3. The summed E-state index contributed by atoms with van der Waals surface area (Å²) in [5.74, 6) is -0.233. The number of carbonyl (C=O) groups excluding carboxylic acids is 1. The molecule has 5 heteroatoms. The molecular weight excluding hydrogens is 280 g/mol. The fourth-order valence-electron chi connectivity index (χ4n) is 2.20. The molecule has 0 fully saturated rings. The second-order valence-electron chi connectivity index (χ2n) is 5.41. The number of nitro groups is 1. The van der Waals surface area contributed by atoms with Gasteiger partial charge in [0, 0.05) is 30.8 Å². The maximum atomic E-state index is 12.4. The first-order valence-corrected chi connectivity index (χ1v) is 6.94. The lowest BCUT2D eigenvalue weighted by Gasteiger charge is -2.17. The molecule has 114 valence electrons. The van der Waals surface area contributed by atoms with Crippen LogP contribution in [0.3, 0.4) is 0 Å². The van der Waals surface area contributed by atoms with Gasteiger partial charge in [0.1, 0.15) is 0 Å². The van der Waals surface area contributed by atoms with Crippen LogP contribution < -0.4 is 0 Å². The van der Waals surface area contributed by atoms with Crippen molar-refractivity contribution >= 4 is 11.6 Å². The highest BCUT2D eigenvalue weighted by Crippen LogP contribution is 2.20. The summed E-state index contributed by atoms with van der Waals surface area (Å²) in [6, 6.07) is 12.5. The summed E-state index contributed by atoms with van der Waals surface area (Å²) in [5.41, 5.74) is 3.01. The molecule has 2 aromatic carbocycles. The van der Waals surface area contributed by atoms with E-state index < -0.39 is 4.92 Å². The third kappa shape index (κ3) is 3.49. The Labute approximate surface area is 129 Å². The number of rotatable bonds is 4. The summed E-state index contributed by atoms with van der Waals surface area (Å²) in [5, 5.41) is 11.0. The Morgan fingerprint density at radius 3 is 2.36 bits per heavy atom. The standard InChI is InChI=1S/C17H18N2O3/c1-12-4-7-14(8-5-12)11-18(3)17(20)15-9-6-13(2)16(10-15)19(21)22/h4-10H,11H2,1-3H3. The van der Waals surface area contributed by atoms with Crippen LogP contribution in [0.5, 0.6) is 0 Å². The summed E-state index contributed by atoms with van der Waals surface area (Å²) in [7, 11) is 1.69. The molecule has 0 aromatic heterocycles. The zero-order valence-electron chi connectivity index (χ0n) is 12.9. The van der Waals surface area contributed by atoms with Gasteiger partial charge >= 0.3 is 0 Å². The topological polar surface area (TPSA) is 63.5 Å². The van der Waals surface area contributed by atoms with Crippen molar-refractivity contribution in [1.29, 1.82) is 0 Å². The average molecular weight is 298 g/mol. The molecule has 0 aliphatic carbocycles. The van der Waals surface area contributed by atoms with Gasteiger partial charge in [-0.05, 0) is 25.5 Å². The van der Waals surface area contributed by atoms with Crippen molar-refractivity contribution in [2.45, 2.75) is 20.4 Å². The van der Waals surface area contributed by atoms with Crippen molar-refractivity contribution < 1.29 is 9.72 Å². The lowest BCUT2D eigenvalue weighted by atomic mass is 10.1. The first-order chi connectivity index (χ1) is 10.4. The van der Waals surface area contributed by atoms with Crippen LogP contribution in [0.2, 0.25) is 0 Å². The predicted octanol–water partition coefficient (Wildman–Crippen LogP) is 3.48. The molecule has 0 radical (unpaired) electrons. The minimum Gasteiger partial charge on any atom is -0.337 e.